The number of benzene rings is 1. The summed E-state index contributed by atoms with van der Waals surface area (Å²) in [5.41, 5.74) is 7.93. The number of carboxylic acids is 1. The topological polar surface area (TPSA) is 101 Å². The van der Waals surface area contributed by atoms with Gasteiger partial charge >= 0.3 is 5.97 Å². The van der Waals surface area contributed by atoms with Crippen LogP contribution in [0.5, 0.6) is 0 Å². The largest absolute Gasteiger partial charge is 0.480 e. The van der Waals surface area contributed by atoms with E-state index in [0.717, 1.165) is 22.9 Å². The van der Waals surface area contributed by atoms with Crippen LogP contribution in [0.25, 0.3) is 0 Å². The minimum Gasteiger partial charge on any atom is -0.480 e. The summed E-state index contributed by atoms with van der Waals surface area (Å²) < 4.78 is 0. The molecule has 1 heterocycles. The lowest BCUT2D eigenvalue weighted by atomic mass is 10.1. The Kier molecular flexibility index (Phi) is 4.87. The molecule has 1 saturated heterocycles. The monoisotopic (exact) mass is 322 g/mol. The Balaban J connectivity index is 2.13. The molecule has 0 radical (unpaired) electrons. The number of amides is 2. The average molecular weight is 322 g/mol. The highest BCUT2D eigenvalue weighted by atomic mass is 32.2. The van der Waals surface area contributed by atoms with Crippen molar-refractivity contribution in [2.45, 2.75) is 31.6 Å². The van der Waals surface area contributed by atoms with Crippen LogP contribution in [0.15, 0.2) is 18.2 Å². The fourth-order valence-corrected chi connectivity index (χ4v) is 3.43. The third-order valence-corrected chi connectivity index (χ3v) is 4.81. The molecule has 2 unspecified atom stereocenters. The molecule has 0 aliphatic carbocycles. The number of imide groups is 1. The zero-order valence-electron chi connectivity index (χ0n) is 12.4. The summed E-state index contributed by atoms with van der Waals surface area (Å²) in [7, 11) is 0. The zero-order chi connectivity index (χ0) is 16.4. The number of carbonyl (C=O) groups excluding carboxylic acids is 2. The fraction of sp³-hybridized carbons (Fsp3) is 0.400. The van der Waals surface area contributed by atoms with E-state index in [-0.39, 0.29) is 24.0 Å². The molecule has 22 heavy (non-hydrogen) atoms. The number of hydrogen-bond donors (Lipinski definition) is 2. The standard InChI is InChI=1S/C15H18N2O4S/c1-8-3-4-11(9(2)5-8)17-13(18)6-12(14(17)19)22-7-10(16)15(20)21/h3-5,10,12H,6-7,16H2,1-2H3,(H,20,21). The molecule has 6 nitrogen and oxygen atoms in total. The van der Waals surface area contributed by atoms with E-state index in [4.69, 9.17) is 10.8 Å². The van der Waals surface area contributed by atoms with Crippen LogP contribution in [-0.4, -0.2) is 39.9 Å². The lowest BCUT2D eigenvalue weighted by molar-refractivity contribution is -0.138. The predicted octanol–water partition coefficient (Wildman–Crippen LogP) is 1.08. The van der Waals surface area contributed by atoms with Gasteiger partial charge in [0.25, 0.3) is 0 Å². The number of anilines is 1. The summed E-state index contributed by atoms with van der Waals surface area (Å²) >= 11 is 1.12. The van der Waals surface area contributed by atoms with Crippen LogP contribution in [0.4, 0.5) is 5.69 Å². The molecule has 3 N–H and O–H groups in total. The van der Waals surface area contributed by atoms with Gasteiger partial charge in [-0.2, -0.15) is 0 Å². The molecule has 0 spiro atoms. The van der Waals surface area contributed by atoms with Gasteiger partial charge in [0.2, 0.25) is 11.8 Å². The molecule has 1 aliphatic heterocycles. The van der Waals surface area contributed by atoms with E-state index in [2.05, 4.69) is 0 Å². The molecule has 1 aromatic carbocycles. The second-order valence-electron chi connectivity index (χ2n) is 5.33. The van der Waals surface area contributed by atoms with Crippen LogP contribution in [0.1, 0.15) is 17.5 Å². The van der Waals surface area contributed by atoms with Gasteiger partial charge in [0.1, 0.15) is 6.04 Å². The molecule has 118 valence electrons. The third-order valence-electron chi connectivity index (χ3n) is 3.49. The second kappa shape index (κ2) is 6.50. The van der Waals surface area contributed by atoms with Gasteiger partial charge in [-0.25, -0.2) is 4.90 Å². The maximum absolute atomic E-state index is 12.4. The number of carbonyl (C=O) groups is 3. The Morgan fingerprint density at radius 1 is 1.45 bits per heavy atom. The van der Waals surface area contributed by atoms with E-state index in [1.165, 1.54) is 4.90 Å². The second-order valence-corrected chi connectivity index (χ2v) is 6.56. The van der Waals surface area contributed by atoms with Gasteiger partial charge in [-0.15, -0.1) is 11.8 Å². The molecular weight excluding hydrogens is 304 g/mol. The van der Waals surface area contributed by atoms with E-state index >= 15 is 0 Å². The van der Waals surface area contributed by atoms with Crippen molar-refractivity contribution in [3.8, 4) is 0 Å². The van der Waals surface area contributed by atoms with Crippen LogP contribution in [0, 0.1) is 13.8 Å². The minimum absolute atomic E-state index is 0.0726. The highest BCUT2D eigenvalue weighted by molar-refractivity contribution is 8.00. The average Bonchev–Trinajstić information content (AvgIpc) is 2.71. The van der Waals surface area contributed by atoms with Gasteiger partial charge in [-0.1, -0.05) is 17.7 Å². The van der Waals surface area contributed by atoms with Crippen LogP contribution < -0.4 is 10.6 Å². The van der Waals surface area contributed by atoms with E-state index in [1.54, 1.807) is 6.07 Å². The van der Waals surface area contributed by atoms with E-state index in [1.807, 2.05) is 26.0 Å². The van der Waals surface area contributed by atoms with E-state index < -0.39 is 17.3 Å². The van der Waals surface area contributed by atoms with Crippen molar-refractivity contribution in [2.75, 3.05) is 10.7 Å². The summed E-state index contributed by atoms with van der Waals surface area (Å²) in [6.07, 6.45) is 0.0726. The molecule has 0 aromatic heterocycles. The first-order valence-corrected chi connectivity index (χ1v) is 7.90. The molecule has 2 amide bonds. The highest BCUT2D eigenvalue weighted by Crippen LogP contribution is 2.32. The number of aryl methyl sites for hydroxylation is 2. The smallest absolute Gasteiger partial charge is 0.321 e. The van der Waals surface area contributed by atoms with Crippen molar-refractivity contribution in [3.05, 3.63) is 29.3 Å². The Labute approximate surface area is 132 Å². The summed E-state index contributed by atoms with van der Waals surface area (Å²) in [5, 5.41) is 8.19. The highest BCUT2D eigenvalue weighted by Gasteiger charge is 2.40. The van der Waals surface area contributed by atoms with Crippen molar-refractivity contribution >= 4 is 35.2 Å². The number of hydrogen-bond acceptors (Lipinski definition) is 5. The number of carboxylic acid groups (broad SMARTS) is 1. The number of nitrogens with zero attached hydrogens (tertiary/aromatic N) is 1. The van der Waals surface area contributed by atoms with Crippen molar-refractivity contribution in [2.24, 2.45) is 5.73 Å². The first-order valence-electron chi connectivity index (χ1n) is 6.85. The first kappa shape index (κ1) is 16.5. The summed E-state index contributed by atoms with van der Waals surface area (Å²) in [6.45, 7) is 3.79. The third kappa shape index (κ3) is 3.31. The van der Waals surface area contributed by atoms with Gasteiger partial charge in [0, 0.05) is 12.2 Å². The predicted molar refractivity (Wildman–Crippen MR) is 84.9 cm³/mol. The van der Waals surface area contributed by atoms with Crippen LogP contribution >= 0.6 is 11.8 Å². The fourth-order valence-electron chi connectivity index (χ4n) is 2.33. The summed E-state index contributed by atoms with van der Waals surface area (Å²) in [5.74, 6) is -1.59. The van der Waals surface area contributed by atoms with Crippen molar-refractivity contribution < 1.29 is 19.5 Å². The normalized spacial score (nSPS) is 19.6. The van der Waals surface area contributed by atoms with Gasteiger partial charge in [0.15, 0.2) is 0 Å². The maximum Gasteiger partial charge on any atom is 0.321 e. The van der Waals surface area contributed by atoms with E-state index in [9.17, 15) is 14.4 Å². The molecular formula is C15H18N2O4S. The number of nitrogens with two attached hydrogens (primary N) is 1. The van der Waals surface area contributed by atoms with Gasteiger partial charge < -0.3 is 10.8 Å². The summed E-state index contributed by atoms with van der Waals surface area (Å²) in [4.78, 5) is 36.5. The quantitative estimate of drug-likeness (QED) is 0.787. The Morgan fingerprint density at radius 3 is 2.73 bits per heavy atom. The SMILES string of the molecule is Cc1ccc(N2C(=O)CC(SCC(N)C(=O)O)C2=O)c(C)c1. The van der Waals surface area contributed by atoms with Gasteiger partial charge in [-0.05, 0) is 25.5 Å². The van der Waals surface area contributed by atoms with Crippen molar-refractivity contribution in [1.82, 2.24) is 0 Å². The lowest BCUT2D eigenvalue weighted by Crippen LogP contribution is -2.35. The first-order chi connectivity index (χ1) is 10.3. The van der Waals surface area contributed by atoms with Gasteiger partial charge in [0.05, 0.1) is 10.9 Å². The molecule has 1 aromatic rings. The maximum atomic E-state index is 12.4. The van der Waals surface area contributed by atoms with Gasteiger partial charge in [-0.3, -0.25) is 14.4 Å². The molecule has 0 saturated carbocycles. The van der Waals surface area contributed by atoms with Crippen LogP contribution in [0.3, 0.4) is 0 Å². The molecule has 1 fully saturated rings. The van der Waals surface area contributed by atoms with Crippen LogP contribution in [-0.2, 0) is 14.4 Å². The number of aliphatic carboxylic acids is 1. The Hall–Kier alpha value is -1.86. The van der Waals surface area contributed by atoms with Crippen molar-refractivity contribution in [3.63, 3.8) is 0 Å². The lowest BCUT2D eigenvalue weighted by Gasteiger charge is -2.18. The Bertz CT molecular complexity index is 632. The molecule has 1 aliphatic rings. The molecule has 2 rings (SSSR count). The zero-order valence-corrected chi connectivity index (χ0v) is 13.2. The van der Waals surface area contributed by atoms with Crippen LogP contribution in [0.2, 0.25) is 0 Å². The molecule has 2 atom stereocenters. The van der Waals surface area contributed by atoms with Crippen molar-refractivity contribution in [1.29, 1.82) is 0 Å². The van der Waals surface area contributed by atoms with E-state index in [0.29, 0.717) is 5.69 Å². The number of thioether (sulfide) groups is 1. The Morgan fingerprint density at radius 2 is 2.14 bits per heavy atom. The number of rotatable bonds is 5. The molecule has 7 heteroatoms. The minimum atomic E-state index is -1.12. The molecule has 0 bridgehead atoms. The summed E-state index contributed by atoms with van der Waals surface area (Å²) in [6, 6.07) is 4.49.